The first-order valence-electron chi connectivity index (χ1n) is 8.00. The number of hydrogen-bond donors (Lipinski definition) is 3. The van der Waals surface area contributed by atoms with E-state index in [1.807, 2.05) is 6.92 Å². The molecule has 0 saturated carbocycles. The number of H-pyrrole nitrogens is 1. The number of ether oxygens (including phenoxy) is 1. The monoisotopic (exact) mass is 355 g/mol. The number of aromatic amines is 1. The van der Waals surface area contributed by atoms with Gasteiger partial charge in [-0.2, -0.15) is 0 Å². The first-order valence-corrected chi connectivity index (χ1v) is 8.00. The maximum absolute atomic E-state index is 13.5. The van der Waals surface area contributed by atoms with E-state index < -0.39 is 5.91 Å². The zero-order valence-corrected chi connectivity index (χ0v) is 14.1. The summed E-state index contributed by atoms with van der Waals surface area (Å²) < 4.78 is 18.7. The van der Waals surface area contributed by atoms with Crippen LogP contribution in [0.2, 0.25) is 0 Å². The van der Waals surface area contributed by atoms with Gasteiger partial charge in [-0.15, -0.1) is 0 Å². The number of hydrogen-bond acceptors (Lipinski definition) is 3. The lowest BCUT2D eigenvalue weighted by atomic mass is 10.1. The van der Waals surface area contributed by atoms with Crippen LogP contribution in [-0.4, -0.2) is 23.4 Å². The van der Waals surface area contributed by atoms with E-state index in [1.165, 1.54) is 12.1 Å². The highest BCUT2D eigenvalue weighted by molar-refractivity contribution is 5.96. The van der Waals surface area contributed by atoms with Gasteiger partial charge in [0, 0.05) is 28.4 Å². The highest BCUT2D eigenvalue weighted by Gasteiger charge is 2.13. The number of primary amides is 1. The molecule has 3 aromatic rings. The Morgan fingerprint density at radius 1 is 1.23 bits per heavy atom. The number of benzene rings is 2. The van der Waals surface area contributed by atoms with Crippen LogP contribution in [0.5, 0.6) is 5.75 Å². The zero-order valence-electron chi connectivity index (χ0n) is 14.1. The zero-order chi connectivity index (χ0) is 18.7. The molecule has 7 heteroatoms. The van der Waals surface area contributed by atoms with E-state index in [-0.39, 0.29) is 24.8 Å². The minimum atomic E-state index is -0.582. The van der Waals surface area contributed by atoms with Crippen molar-refractivity contribution in [3.63, 3.8) is 0 Å². The number of fused-ring (bicyclic) bond motifs is 1. The summed E-state index contributed by atoms with van der Waals surface area (Å²) >= 11 is 0. The quantitative estimate of drug-likeness (QED) is 0.634. The van der Waals surface area contributed by atoms with Crippen molar-refractivity contribution in [1.82, 2.24) is 4.98 Å². The average Bonchev–Trinajstić information content (AvgIpc) is 2.88. The van der Waals surface area contributed by atoms with Gasteiger partial charge in [-0.1, -0.05) is 6.07 Å². The first kappa shape index (κ1) is 17.5. The smallest absolute Gasteiger partial charge is 0.255 e. The Balaban J connectivity index is 1.73. The van der Waals surface area contributed by atoms with Crippen LogP contribution >= 0.6 is 0 Å². The molecular formula is C19H18FN3O3. The summed E-state index contributed by atoms with van der Waals surface area (Å²) in [5.74, 6) is -0.754. The van der Waals surface area contributed by atoms with Gasteiger partial charge >= 0.3 is 0 Å². The maximum Gasteiger partial charge on any atom is 0.255 e. The minimum Gasteiger partial charge on any atom is -0.484 e. The van der Waals surface area contributed by atoms with Gasteiger partial charge in [0.15, 0.2) is 6.61 Å². The molecule has 26 heavy (non-hydrogen) atoms. The van der Waals surface area contributed by atoms with Crippen molar-refractivity contribution in [2.75, 3.05) is 11.9 Å². The van der Waals surface area contributed by atoms with Gasteiger partial charge in [-0.3, -0.25) is 9.59 Å². The Morgan fingerprint density at radius 3 is 2.81 bits per heavy atom. The van der Waals surface area contributed by atoms with Gasteiger partial charge in [0.25, 0.3) is 5.91 Å². The molecule has 0 spiro atoms. The average molecular weight is 355 g/mol. The van der Waals surface area contributed by atoms with Crippen molar-refractivity contribution in [1.29, 1.82) is 0 Å². The number of halogens is 1. The Labute approximate surface area is 149 Å². The maximum atomic E-state index is 13.5. The standard InChI is InChI=1S/C19H18FN3O3/c1-11-15(16-7-12(20)5-6-17(16)22-11)9-19(25)23-13-3-2-4-14(8-13)26-10-18(21)24/h2-8,22H,9-10H2,1H3,(H2,21,24)(H,23,25). The number of nitrogens with two attached hydrogens (primary N) is 1. The first-order chi connectivity index (χ1) is 12.4. The van der Waals surface area contributed by atoms with Crippen molar-refractivity contribution in [2.24, 2.45) is 5.73 Å². The number of amides is 2. The second-order valence-electron chi connectivity index (χ2n) is 5.93. The second kappa shape index (κ2) is 7.26. The fraction of sp³-hybridized carbons (Fsp3) is 0.158. The summed E-state index contributed by atoms with van der Waals surface area (Å²) in [6, 6.07) is 11.1. The Bertz CT molecular complexity index is 981. The third kappa shape index (κ3) is 4.00. The summed E-state index contributed by atoms with van der Waals surface area (Å²) in [4.78, 5) is 26.3. The topological polar surface area (TPSA) is 97.2 Å². The fourth-order valence-corrected chi connectivity index (χ4v) is 2.77. The summed E-state index contributed by atoms with van der Waals surface area (Å²) in [5, 5.41) is 3.46. The van der Waals surface area contributed by atoms with Crippen LogP contribution < -0.4 is 15.8 Å². The van der Waals surface area contributed by atoms with Crippen molar-refractivity contribution in [3.8, 4) is 5.75 Å². The van der Waals surface area contributed by atoms with Crippen LogP contribution in [-0.2, 0) is 16.0 Å². The molecule has 0 aliphatic carbocycles. The molecule has 0 fully saturated rings. The summed E-state index contributed by atoms with van der Waals surface area (Å²) in [7, 11) is 0. The number of aryl methyl sites for hydroxylation is 1. The molecule has 0 radical (unpaired) electrons. The predicted octanol–water partition coefficient (Wildman–Crippen LogP) is 2.66. The van der Waals surface area contributed by atoms with Gasteiger partial charge in [-0.25, -0.2) is 4.39 Å². The third-order valence-corrected chi connectivity index (χ3v) is 3.92. The van der Waals surface area contributed by atoms with Crippen LogP contribution in [0.4, 0.5) is 10.1 Å². The molecule has 2 aromatic carbocycles. The van der Waals surface area contributed by atoms with Crippen LogP contribution in [0, 0.1) is 12.7 Å². The molecule has 1 heterocycles. The lowest BCUT2D eigenvalue weighted by Gasteiger charge is -2.08. The molecule has 0 aliphatic heterocycles. The molecule has 0 unspecified atom stereocenters. The van der Waals surface area contributed by atoms with Crippen LogP contribution in [0.15, 0.2) is 42.5 Å². The van der Waals surface area contributed by atoms with E-state index in [0.29, 0.717) is 16.8 Å². The number of aromatic nitrogens is 1. The lowest BCUT2D eigenvalue weighted by Crippen LogP contribution is -2.20. The molecule has 0 atom stereocenters. The number of nitrogens with one attached hydrogen (secondary N) is 2. The summed E-state index contributed by atoms with van der Waals surface area (Å²) in [6.07, 6.45) is 0.0989. The van der Waals surface area contributed by atoms with Crippen molar-refractivity contribution in [2.45, 2.75) is 13.3 Å². The normalized spacial score (nSPS) is 10.7. The molecule has 6 nitrogen and oxygen atoms in total. The van der Waals surface area contributed by atoms with E-state index in [2.05, 4.69) is 10.3 Å². The number of anilines is 1. The van der Waals surface area contributed by atoms with Gasteiger partial charge in [-0.05, 0) is 42.8 Å². The van der Waals surface area contributed by atoms with Gasteiger partial charge < -0.3 is 20.8 Å². The van der Waals surface area contributed by atoms with Crippen LogP contribution in [0.1, 0.15) is 11.3 Å². The van der Waals surface area contributed by atoms with Crippen molar-refractivity contribution < 1.29 is 18.7 Å². The van der Waals surface area contributed by atoms with Crippen LogP contribution in [0.25, 0.3) is 10.9 Å². The van der Waals surface area contributed by atoms with E-state index in [9.17, 15) is 14.0 Å². The molecule has 0 aliphatic rings. The number of carbonyl (C=O) groups is 2. The number of carbonyl (C=O) groups excluding carboxylic acids is 2. The lowest BCUT2D eigenvalue weighted by molar-refractivity contribution is -0.120. The van der Waals surface area contributed by atoms with Crippen molar-refractivity contribution in [3.05, 3.63) is 59.5 Å². The summed E-state index contributed by atoms with van der Waals surface area (Å²) in [5.41, 5.74) is 7.92. The van der Waals surface area contributed by atoms with Gasteiger partial charge in [0.2, 0.25) is 5.91 Å². The Kier molecular flexibility index (Phi) is 4.88. The molecule has 2 amide bonds. The highest BCUT2D eigenvalue weighted by Crippen LogP contribution is 2.24. The van der Waals surface area contributed by atoms with E-state index >= 15 is 0 Å². The van der Waals surface area contributed by atoms with Crippen LogP contribution in [0.3, 0.4) is 0 Å². The molecule has 3 rings (SSSR count). The van der Waals surface area contributed by atoms with Gasteiger partial charge in [0.1, 0.15) is 11.6 Å². The van der Waals surface area contributed by atoms with E-state index in [4.69, 9.17) is 10.5 Å². The molecular weight excluding hydrogens is 337 g/mol. The van der Waals surface area contributed by atoms with E-state index in [1.54, 1.807) is 30.3 Å². The third-order valence-electron chi connectivity index (χ3n) is 3.92. The van der Waals surface area contributed by atoms with Gasteiger partial charge in [0.05, 0.1) is 6.42 Å². The molecule has 0 bridgehead atoms. The Hall–Kier alpha value is -3.35. The molecule has 0 saturated heterocycles. The molecule has 1 aromatic heterocycles. The minimum absolute atomic E-state index is 0.0989. The van der Waals surface area contributed by atoms with Crippen molar-refractivity contribution >= 4 is 28.4 Å². The SMILES string of the molecule is Cc1[nH]c2ccc(F)cc2c1CC(=O)Nc1cccc(OCC(N)=O)c1. The predicted molar refractivity (Wildman–Crippen MR) is 96.5 cm³/mol. The largest absolute Gasteiger partial charge is 0.484 e. The number of rotatable bonds is 6. The highest BCUT2D eigenvalue weighted by atomic mass is 19.1. The Morgan fingerprint density at radius 2 is 2.04 bits per heavy atom. The second-order valence-corrected chi connectivity index (χ2v) is 5.93. The molecule has 134 valence electrons. The van der Waals surface area contributed by atoms with E-state index in [0.717, 1.165) is 16.8 Å². The molecule has 4 N–H and O–H groups in total. The fourth-order valence-electron chi connectivity index (χ4n) is 2.77. The summed E-state index contributed by atoms with van der Waals surface area (Å²) in [6.45, 7) is 1.61.